The Morgan fingerprint density at radius 1 is 1.53 bits per heavy atom. The Hall–Kier alpha value is -1.62. The number of halogens is 1. The Bertz CT molecular complexity index is 592. The standard InChI is InChI=1S/C11H12ClN3O2/c1-4-17-11(16)8-5-13-10-9(12)6(2)14-15(10)7(8)3/h5H,4H2,1-3H3. The highest BCUT2D eigenvalue weighted by Crippen LogP contribution is 2.21. The first-order chi connectivity index (χ1) is 8.06. The zero-order chi connectivity index (χ0) is 12.6. The maximum Gasteiger partial charge on any atom is 0.341 e. The maximum atomic E-state index is 11.7. The van der Waals surface area contributed by atoms with E-state index in [4.69, 9.17) is 16.3 Å². The number of hydrogen-bond acceptors (Lipinski definition) is 4. The van der Waals surface area contributed by atoms with Crippen molar-refractivity contribution in [3.05, 3.63) is 28.2 Å². The predicted molar refractivity (Wildman–Crippen MR) is 63.4 cm³/mol. The van der Waals surface area contributed by atoms with Crippen molar-refractivity contribution in [2.75, 3.05) is 6.61 Å². The zero-order valence-electron chi connectivity index (χ0n) is 9.82. The van der Waals surface area contributed by atoms with Crippen molar-refractivity contribution >= 4 is 23.2 Å². The average molecular weight is 254 g/mol. The molecule has 6 heteroatoms. The van der Waals surface area contributed by atoms with Crippen LogP contribution in [0.25, 0.3) is 5.65 Å². The van der Waals surface area contributed by atoms with Gasteiger partial charge in [0.1, 0.15) is 5.02 Å². The minimum atomic E-state index is -0.399. The number of fused-ring (bicyclic) bond motifs is 1. The van der Waals surface area contributed by atoms with E-state index in [0.29, 0.717) is 34.2 Å². The third kappa shape index (κ3) is 1.86. The first kappa shape index (κ1) is 11.9. The highest BCUT2D eigenvalue weighted by molar-refractivity contribution is 6.34. The molecule has 0 unspecified atom stereocenters. The maximum absolute atomic E-state index is 11.7. The van der Waals surface area contributed by atoms with E-state index in [2.05, 4.69) is 10.1 Å². The lowest BCUT2D eigenvalue weighted by molar-refractivity contribution is 0.0524. The van der Waals surface area contributed by atoms with Crippen LogP contribution in [0.5, 0.6) is 0 Å². The van der Waals surface area contributed by atoms with Crippen LogP contribution in [0.3, 0.4) is 0 Å². The number of rotatable bonds is 2. The molecule has 0 aliphatic rings. The Labute approximate surface area is 103 Å². The summed E-state index contributed by atoms with van der Waals surface area (Å²) in [4.78, 5) is 15.8. The van der Waals surface area contributed by atoms with Crippen LogP contribution >= 0.6 is 11.6 Å². The highest BCUT2D eigenvalue weighted by Gasteiger charge is 2.17. The topological polar surface area (TPSA) is 56.5 Å². The predicted octanol–water partition coefficient (Wildman–Crippen LogP) is 2.18. The van der Waals surface area contributed by atoms with Crippen molar-refractivity contribution in [2.24, 2.45) is 0 Å². The van der Waals surface area contributed by atoms with Gasteiger partial charge in [0.15, 0.2) is 5.65 Å². The molecule has 0 aliphatic carbocycles. The van der Waals surface area contributed by atoms with Gasteiger partial charge in [-0.2, -0.15) is 5.10 Å². The number of aryl methyl sites for hydroxylation is 2. The molecule has 0 N–H and O–H groups in total. The van der Waals surface area contributed by atoms with Gasteiger partial charge in [0, 0.05) is 6.20 Å². The zero-order valence-corrected chi connectivity index (χ0v) is 10.6. The largest absolute Gasteiger partial charge is 0.462 e. The monoisotopic (exact) mass is 253 g/mol. The second-order valence-electron chi connectivity index (χ2n) is 3.61. The van der Waals surface area contributed by atoms with Gasteiger partial charge < -0.3 is 4.74 Å². The molecule has 0 fully saturated rings. The second-order valence-corrected chi connectivity index (χ2v) is 3.99. The summed E-state index contributed by atoms with van der Waals surface area (Å²) in [6, 6.07) is 0. The van der Waals surface area contributed by atoms with Crippen molar-refractivity contribution in [1.82, 2.24) is 14.6 Å². The van der Waals surface area contributed by atoms with E-state index in [9.17, 15) is 4.79 Å². The van der Waals surface area contributed by atoms with E-state index in [1.54, 1.807) is 25.3 Å². The van der Waals surface area contributed by atoms with Crippen LogP contribution in [-0.2, 0) is 4.74 Å². The van der Waals surface area contributed by atoms with Crippen molar-refractivity contribution in [3.8, 4) is 0 Å². The van der Waals surface area contributed by atoms with Crippen LogP contribution in [0.2, 0.25) is 5.02 Å². The second kappa shape index (κ2) is 4.33. The summed E-state index contributed by atoms with van der Waals surface area (Å²) in [5.41, 5.74) is 2.31. The fraction of sp³-hybridized carbons (Fsp3) is 0.364. The molecule has 0 saturated carbocycles. The minimum absolute atomic E-state index is 0.329. The molecule has 0 atom stereocenters. The van der Waals surface area contributed by atoms with E-state index >= 15 is 0 Å². The molecule has 90 valence electrons. The number of esters is 1. The molecule has 0 spiro atoms. The molecule has 0 saturated heterocycles. The van der Waals surface area contributed by atoms with Gasteiger partial charge in [0.2, 0.25) is 0 Å². The quantitative estimate of drug-likeness (QED) is 0.770. The Kier molecular flexibility index (Phi) is 3.02. The summed E-state index contributed by atoms with van der Waals surface area (Å²) in [6.07, 6.45) is 1.47. The van der Waals surface area contributed by atoms with Crippen LogP contribution in [0, 0.1) is 13.8 Å². The van der Waals surface area contributed by atoms with Gasteiger partial charge in [-0.3, -0.25) is 0 Å². The lowest BCUT2D eigenvalue weighted by Gasteiger charge is -2.06. The van der Waals surface area contributed by atoms with E-state index in [0.717, 1.165) is 0 Å². The molecule has 0 bridgehead atoms. The number of carbonyl (C=O) groups excluding carboxylic acids is 1. The molecule has 0 radical (unpaired) electrons. The summed E-state index contributed by atoms with van der Waals surface area (Å²) in [6.45, 7) is 5.66. The summed E-state index contributed by atoms with van der Waals surface area (Å²) < 4.78 is 6.50. The third-order valence-electron chi connectivity index (χ3n) is 2.48. The molecule has 2 rings (SSSR count). The summed E-state index contributed by atoms with van der Waals surface area (Å²) >= 11 is 6.04. The van der Waals surface area contributed by atoms with Crippen molar-refractivity contribution < 1.29 is 9.53 Å². The SMILES string of the molecule is CCOC(=O)c1cnc2c(Cl)c(C)nn2c1C. The van der Waals surface area contributed by atoms with Gasteiger partial charge in [-0.15, -0.1) is 0 Å². The van der Waals surface area contributed by atoms with Gasteiger partial charge in [0.25, 0.3) is 0 Å². The molecule has 2 aromatic heterocycles. The molecular weight excluding hydrogens is 242 g/mol. The van der Waals surface area contributed by atoms with Gasteiger partial charge >= 0.3 is 5.97 Å². The van der Waals surface area contributed by atoms with Gasteiger partial charge in [-0.05, 0) is 20.8 Å². The van der Waals surface area contributed by atoms with Crippen molar-refractivity contribution in [3.63, 3.8) is 0 Å². The highest BCUT2D eigenvalue weighted by atomic mass is 35.5. The van der Waals surface area contributed by atoms with Crippen molar-refractivity contribution in [1.29, 1.82) is 0 Å². The van der Waals surface area contributed by atoms with Gasteiger partial charge in [0.05, 0.1) is 23.6 Å². The average Bonchev–Trinajstić information content (AvgIpc) is 2.58. The fourth-order valence-electron chi connectivity index (χ4n) is 1.58. The van der Waals surface area contributed by atoms with Gasteiger partial charge in [-0.1, -0.05) is 11.6 Å². The number of ether oxygens (including phenoxy) is 1. The summed E-state index contributed by atoms with van der Waals surface area (Å²) in [5.74, 6) is -0.399. The van der Waals surface area contributed by atoms with Crippen LogP contribution < -0.4 is 0 Å². The van der Waals surface area contributed by atoms with Crippen LogP contribution in [-0.4, -0.2) is 27.2 Å². The lowest BCUT2D eigenvalue weighted by atomic mass is 10.2. The number of aromatic nitrogens is 3. The smallest absolute Gasteiger partial charge is 0.341 e. The molecule has 2 aromatic rings. The van der Waals surface area contributed by atoms with E-state index in [1.165, 1.54) is 6.20 Å². The molecular formula is C11H12ClN3O2. The number of nitrogens with zero attached hydrogens (tertiary/aromatic N) is 3. The molecule has 0 aliphatic heterocycles. The van der Waals surface area contributed by atoms with Crippen LogP contribution in [0.1, 0.15) is 28.7 Å². The first-order valence-electron chi connectivity index (χ1n) is 5.23. The normalized spacial score (nSPS) is 10.8. The number of carbonyl (C=O) groups is 1. The lowest BCUT2D eigenvalue weighted by Crippen LogP contribution is -2.11. The molecule has 0 amide bonds. The Balaban J connectivity index is 2.62. The van der Waals surface area contributed by atoms with Crippen LogP contribution in [0.4, 0.5) is 0 Å². The fourth-order valence-corrected chi connectivity index (χ4v) is 1.75. The Morgan fingerprint density at radius 2 is 2.24 bits per heavy atom. The molecule has 0 aromatic carbocycles. The van der Waals surface area contributed by atoms with Gasteiger partial charge in [-0.25, -0.2) is 14.3 Å². The summed E-state index contributed by atoms with van der Waals surface area (Å²) in [7, 11) is 0. The Morgan fingerprint density at radius 3 is 2.88 bits per heavy atom. The first-order valence-corrected chi connectivity index (χ1v) is 5.61. The summed E-state index contributed by atoms with van der Waals surface area (Å²) in [5, 5.41) is 4.73. The molecule has 5 nitrogen and oxygen atoms in total. The van der Waals surface area contributed by atoms with Crippen LogP contribution in [0.15, 0.2) is 6.20 Å². The van der Waals surface area contributed by atoms with E-state index in [1.807, 2.05) is 0 Å². The number of hydrogen-bond donors (Lipinski definition) is 0. The van der Waals surface area contributed by atoms with E-state index in [-0.39, 0.29) is 0 Å². The third-order valence-corrected chi connectivity index (χ3v) is 2.93. The van der Waals surface area contributed by atoms with E-state index < -0.39 is 5.97 Å². The molecule has 2 heterocycles. The molecule has 17 heavy (non-hydrogen) atoms. The minimum Gasteiger partial charge on any atom is -0.462 e. The van der Waals surface area contributed by atoms with Crippen molar-refractivity contribution in [2.45, 2.75) is 20.8 Å².